The van der Waals surface area contributed by atoms with Crippen LogP contribution >= 0.6 is 11.3 Å². The van der Waals surface area contributed by atoms with Gasteiger partial charge < -0.3 is 9.84 Å². The van der Waals surface area contributed by atoms with Gasteiger partial charge in [0, 0.05) is 41.4 Å². The topological polar surface area (TPSA) is 54.7 Å². The van der Waals surface area contributed by atoms with E-state index in [1.807, 2.05) is 30.6 Å². The van der Waals surface area contributed by atoms with Gasteiger partial charge in [0.2, 0.25) is 0 Å². The first-order valence-corrected chi connectivity index (χ1v) is 9.25. The number of rotatable bonds is 8. The van der Waals surface area contributed by atoms with Crippen LogP contribution < -0.4 is 4.74 Å². The number of ether oxygens (including phenoxy) is 1. The molecule has 1 N–H and O–H groups in total. The minimum absolute atomic E-state index is 0.100. The molecule has 1 atom stereocenters. The number of benzene rings is 1. The molecule has 0 amide bonds. The third-order valence-electron chi connectivity index (χ3n) is 3.79. The Morgan fingerprint density at radius 3 is 2.83 bits per heavy atom. The van der Waals surface area contributed by atoms with Crippen LogP contribution in [0.25, 0.3) is 10.6 Å². The summed E-state index contributed by atoms with van der Waals surface area (Å²) in [7, 11) is 0. The molecule has 2 aromatic rings. The van der Waals surface area contributed by atoms with Crippen molar-refractivity contribution in [3.63, 3.8) is 0 Å². The van der Waals surface area contributed by atoms with Gasteiger partial charge in [-0.1, -0.05) is 20.3 Å². The second-order valence-electron chi connectivity index (χ2n) is 6.15. The van der Waals surface area contributed by atoms with Crippen molar-refractivity contribution >= 4 is 22.7 Å². The predicted octanol–water partition coefficient (Wildman–Crippen LogP) is 5.02. The van der Waals surface area contributed by atoms with Crippen molar-refractivity contribution in [3.8, 4) is 16.3 Å². The van der Waals surface area contributed by atoms with Gasteiger partial charge in [0.05, 0.1) is 12.3 Å². The van der Waals surface area contributed by atoms with Crippen LogP contribution in [0.15, 0.2) is 28.7 Å². The van der Waals surface area contributed by atoms with E-state index in [0.717, 1.165) is 46.1 Å². The highest BCUT2D eigenvalue weighted by atomic mass is 32.1. The van der Waals surface area contributed by atoms with E-state index in [9.17, 15) is 5.11 Å². The van der Waals surface area contributed by atoms with Crippen molar-refractivity contribution in [3.05, 3.63) is 29.3 Å². The molecule has 0 aliphatic rings. The van der Waals surface area contributed by atoms with Crippen LogP contribution in [0.1, 0.15) is 39.2 Å². The quantitative estimate of drug-likeness (QED) is 0.683. The summed E-state index contributed by atoms with van der Waals surface area (Å²) in [5.41, 5.74) is 4.22. The second kappa shape index (κ2) is 8.94. The average Bonchev–Trinajstić information content (AvgIpc) is 3.09. The molecule has 0 bridgehead atoms. The summed E-state index contributed by atoms with van der Waals surface area (Å²) in [5, 5.41) is 12.1. The number of hydrogen-bond donors (Lipinski definition) is 1. The standard InChI is InChI=1S/C19H26N2O2S/c1-5-6-14(3)21-18-10-16(23-12-13(2)11-22)9-17(15(18)4)19-20-7-8-24-19/h7-10,13,22H,5-6,11-12H2,1-4H3. The van der Waals surface area contributed by atoms with E-state index in [1.165, 1.54) is 0 Å². The van der Waals surface area contributed by atoms with Gasteiger partial charge in [0.15, 0.2) is 0 Å². The highest BCUT2D eigenvalue weighted by Gasteiger charge is 2.13. The number of aliphatic imine (C=N–C) groups is 1. The molecule has 0 aliphatic heterocycles. The summed E-state index contributed by atoms with van der Waals surface area (Å²) in [6, 6.07) is 4.00. The van der Waals surface area contributed by atoms with Crippen LogP contribution in [-0.2, 0) is 0 Å². The third kappa shape index (κ3) is 4.89. The number of nitrogens with zero attached hydrogens (tertiary/aromatic N) is 2. The maximum atomic E-state index is 9.18. The molecule has 0 saturated heterocycles. The SMILES string of the molecule is CCCC(C)=Nc1cc(OCC(C)CO)cc(-c2nccs2)c1C. The van der Waals surface area contributed by atoms with Crippen molar-refractivity contribution in [2.75, 3.05) is 13.2 Å². The van der Waals surface area contributed by atoms with Gasteiger partial charge in [-0.25, -0.2) is 4.98 Å². The van der Waals surface area contributed by atoms with Gasteiger partial charge >= 0.3 is 0 Å². The van der Waals surface area contributed by atoms with Gasteiger partial charge in [0.25, 0.3) is 0 Å². The van der Waals surface area contributed by atoms with Gasteiger partial charge in [-0.3, -0.25) is 4.99 Å². The van der Waals surface area contributed by atoms with E-state index in [4.69, 9.17) is 9.73 Å². The summed E-state index contributed by atoms with van der Waals surface area (Å²) >= 11 is 1.61. The summed E-state index contributed by atoms with van der Waals surface area (Å²) in [6.45, 7) is 8.85. The third-order valence-corrected chi connectivity index (χ3v) is 4.59. The minimum Gasteiger partial charge on any atom is -0.493 e. The predicted molar refractivity (Wildman–Crippen MR) is 102 cm³/mol. The van der Waals surface area contributed by atoms with E-state index >= 15 is 0 Å². The largest absolute Gasteiger partial charge is 0.493 e. The Bertz CT molecular complexity index is 681. The summed E-state index contributed by atoms with van der Waals surface area (Å²) < 4.78 is 5.88. The lowest BCUT2D eigenvalue weighted by molar-refractivity contribution is 0.174. The lowest BCUT2D eigenvalue weighted by Gasteiger charge is -2.14. The molecule has 1 unspecified atom stereocenters. The molecule has 5 heteroatoms. The van der Waals surface area contributed by atoms with E-state index in [1.54, 1.807) is 11.3 Å². The van der Waals surface area contributed by atoms with Crippen molar-refractivity contribution in [2.45, 2.75) is 40.5 Å². The summed E-state index contributed by atoms with van der Waals surface area (Å²) in [4.78, 5) is 9.22. The fraction of sp³-hybridized carbons (Fsp3) is 0.474. The number of aliphatic hydroxyl groups is 1. The molecule has 1 heterocycles. The normalized spacial score (nSPS) is 13.1. The van der Waals surface area contributed by atoms with Crippen molar-refractivity contribution < 1.29 is 9.84 Å². The molecule has 1 aromatic carbocycles. The maximum Gasteiger partial charge on any atom is 0.123 e. The van der Waals surface area contributed by atoms with Crippen LogP contribution in [0.3, 0.4) is 0 Å². The van der Waals surface area contributed by atoms with E-state index in [-0.39, 0.29) is 12.5 Å². The Hall–Kier alpha value is -1.72. The minimum atomic E-state index is 0.100. The fourth-order valence-corrected chi connectivity index (χ4v) is 3.08. The second-order valence-corrected chi connectivity index (χ2v) is 7.04. The maximum absolute atomic E-state index is 9.18. The van der Waals surface area contributed by atoms with Crippen LogP contribution in [-0.4, -0.2) is 29.0 Å². The fourth-order valence-electron chi connectivity index (χ4n) is 2.37. The number of aromatic nitrogens is 1. The zero-order chi connectivity index (χ0) is 17.5. The Balaban J connectivity index is 2.41. The van der Waals surface area contributed by atoms with Crippen LogP contribution in [0.5, 0.6) is 5.75 Å². The monoisotopic (exact) mass is 346 g/mol. The Morgan fingerprint density at radius 2 is 2.21 bits per heavy atom. The number of aliphatic hydroxyl groups excluding tert-OH is 1. The molecule has 0 radical (unpaired) electrons. The first-order chi connectivity index (χ1) is 11.5. The summed E-state index contributed by atoms with van der Waals surface area (Å²) in [6.07, 6.45) is 3.88. The zero-order valence-electron chi connectivity index (χ0n) is 14.9. The summed E-state index contributed by atoms with van der Waals surface area (Å²) in [5.74, 6) is 0.873. The Morgan fingerprint density at radius 1 is 1.42 bits per heavy atom. The van der Waals surface area contributed by atoms with E-state index in [0.29, 0.717) is 6.61 Å². The van der Waals surface area contributed by atoms with Gasteiger partial charge in [-0.05, 0) is 31.9 Å². The molecular weight excluding hydrogens is 320 g/mol. The smallest absolute Gasteiger partial charge is 0.123 e. The van der Waals surface area contributed by atoms with Crippen molar-refractivity contribution in [2.24, 2.45) is 10.9 Å². The van der Waals surface area contributed by atoms with Crippen LogP contribution in [0.2, 0.25) is 0 Å². The number of hydrogen-bond acceptors (Lipinski definition) is 5. The number of thiazole rings is 1. The van der Waals surface area contributed by atoms with Crippen LogP contribution in [0, 0.1) is 12.8 Å². The highest BCUT2D eigenvalue weighted by Crippen LogP contribution is 2.36. The molecule has 0 saturated carbocycles. The van der Waals surface area contributed by atoms with Gasteiger partial charge in [-0.2, -0.15) is 0 Å². The van der Waals surface area contributed by atoms with Crippen LogP contribution in [0.4, 0.5) is 5.69 Å². The molecule has 24 heavy (non-hydrogen) atoms. The molecule has 130 valence electrons. The zero-order valence-corrected chi connectivity index (χ0v) is 15.7. The first kappa shape index (κ1) is 18.6. The first-order valence-electron chi connectivity index (χ1n) is 8.37. The average molecular weight is 346 g/mol. The molecule has 4 nitrogen and oxygen atoms in total. The van der Waals surface area contributed by atoms with Gasteiger partial charge in [0.1, 0.15) is 10.8 Å². The molecular formula is C19H26N2O2S. The van der Waals surface area contributed by atoms with E-state index in [2.05, 4.69) is 25.8 Å². The molecule has 0 aliphatic carbocycles. The molecule has 0 fully saturated rings. The molecule has 1 aromatic heterocycles. The lowest BCUT2D eigenvalue weighted by atomic mass is 10.1. The highest BCUT2D eigenvalue weighted by molar-refractivity contribution is 7.13. The van der Waals surface area contributed by atoms with E-state index < -0.39 is 0 Å². The lowest BCUT2D eigenvalue weighted by Crippen LogP contribution is -2.12. The van der Waals surface area contributed by atoms with Gasteiger partial charge in [-0.15, -0.1) is 11.3 Å². The van der Waals surface area contributed by atoms with Crippen molar-refractivity contribution in [1.82, 2.24) is 4.98 Å². The van der Waals surface area contributed by atoms with Crippen molar-refractivity contribution in [1.29, 1.82) is 0 Å². The molecule has 0 spiro atoms. The Kier molecular flexibility index (Phi) is 6.94. The molecule has 2 rings (SSSR count). The Labute approximate surface area is 148 Å².